The quantitative estimate of drug-likeness (QED) is 0.546. The monoisotopic (exact) mass is 424 g/mol. The van der Waals surface area contributed by atoms with Crippen LogP contribution in [0, 0.1) is 0 Å². The summed E-state index contributed by atoms with van der Waals surface area (Å²) in [6.07, 6.45) is 2.74. The van der Waals surface area contributed by atoms with Crippen LogP contribution in [0.2, 0.25) is 0 Å². The maximum Gasteiger partial charge on any atom is 0.245 e. The van der Waals surface area contributed by atoms with Gasteiger partial charge in [0.15, 0.2) is 0 Å². The van der Waals surface area contributed by atoms with Crippen LogP contribution in [-0.2, 0) is 14.9 Å². The molecule has 2 aliphatic rings. The smallest absolute Gasteiger partial charge is 0.245 e. The number of carbonyl (C=O) groups excluding carboxylic acids is 1. The number of hydrogen-bond acceptors (Lipinski definition) is 3. The zero-order valence-electron chi connectivity index (χ0n) is 18.2. The van der Waals surface area contributed by atoms with Crippen molar-refractivity contribution in [1.29, 1.82) is 0 Å². The normalized spacial score (nSPS) is 17.3. The number of anilines is 2. The van der Waals surface area contributed by atoms with Crippen LogP contribution in [0.1, 0.15) is 23.1 Å². The molecule has 4 heteroatoms. The molecule has 3 aromatic rings. The average molecular weight is 425 g/mol. The molecule has 1 fully saturated rings. The molecule has 1 amide bonds. The highest BCUT2D eigenvalue weighted by Gasteiger charge is 2.45. The summed E-state index contributed by atoms with van der Waals surface area (Å²) in [7, 11) is 0. The van der Waals surface area contributed by atoms with Crippen molar-refractivity contribution in [2.75, 3.05) is 37.7 Å². The van der Waals surface area contributed by atoms with Gasteiger partial charge in [-0.15, -0.1) is 6.58 Å². The molecule has 0 aliphatic carbocycles. The van der Waals surface area contributed by atoms with Crippen molar-refractivity contribution in [3.63, 3.8) is 0 Å². The summed E-state index contributed by atoms with van der Waals surface area (Å²) in [6, 6.07) is 27.2. The molecule has 2 heterocycles. The van der Waals surface area contributed by atoms with Gasteiger partial charge >= 0.3 is 0 Å². The first-order valence-electron chi connectivity index (χ1n) is 11.2. The van der Waals surface area contributed by atoms with Gasteiger partial charge in [-0.3, -0.25) is 14.6 Å². The molecular weight excluding hydrogens is 396 g/mol. The Kier molecular flexibility index (Phi) is 5.64. The fourth-order valence-corrected chi connectivity index (χ4v) is 5.21. The number of allylic oxidation sites excluding steroid dienone is 1. The van der Waals surface area contributed by atoms with Gasteiger partial charge < -0.3 is 4.74 Å². The van der Waals surface area contributed by atoms with Gasteiger partial charge in [0.2, 0.25) is 5.91 Å². The summed E-state index contributed by atoms with van der Waals surface area (Å²) in [5, 5.41) is 0. The molecule has 32 heavy (non-hydrogen) atoms. The van der Waals surface area contributed by atoms with Crippen LogP contribution >= 0.6 is 0 Å². The highest BCUT2D eigenvalue weighted by molar-refractivity contribution is 6.05. The van der Waals surface area contributed by atoms with Crippen LogP contribution in [-0.4, -0.2) is 43.7 Å². The van der Waals surface area contributed by atoms with Gasteiger partial charge in [0.05, 0.1) is 36.5 Å². The molecule has 2 aliphatic heterocycles. The van der Waals surface area contributed by atoms with E-state index in [2.05, 4.69) is 72.1 Å². The van der Waals surface area contributed by atoms with Gasteiger partial charge in [0, 0.05) is 13.1 Å². The van der Waals surface area contributed by atoms with Crippen molar-refractivity contribution in [3.8, 4) is 0 Å². The Morgan fingerprint density at radius 1 is 0.875 bits per heavy atom. The Labute approximate surface area is 189 Å². The number of fused-ring (bicyclic) bond motifs is 2. The topological polar surface area (TPSA) is 32.8 Å². The molecular formula is C28H28N2O2. The van der Waals surface area contributed by atoms with Gasteiger partial charge in [0.25, 0.3) is 0 Å². The lowest BCUT2D eigenvalue weighted by Gasteiger charge is -2.45. The molecule has 0 spiro atoms. The summed E-state index contributed by atoms with van der Waals surface area (Å²) < 4.78 is 5.47. The van der Waals surface area contributed by atoms with E-state index >= 15 is 0 Å². The Balaban J connectivity index is 1.69. The maximum absolute atomic E-state index is 13.7. The minimum absolute atomic E-state index is 0.0899. The third-order valence-corrected chi connectivity index (χ3v) is 6.64. The van der Waals surface area contributed by atoms with Crippen molar-refractivity contribution >= 4 is 17.3 Å². The van der Waals surface area contributed by atoms with Crippen molar-refractivity contribution in [2.24, 2.45) is 0 Å². The summed E-state index contributed by atoms with van der Waals surface area (Å²) in [5.74, 6) is 0.0899. The predicted octanol–water partition coefficient (Wildman–Crippen LogP) is 4.91. The number of hydrogen-bond donors (Lipinski definition) is 0. The van der Waals surface area contributed by atoms with E-state index in [1.54, 1.807) is 0 Å². The van der Waals surface area contributed by atoms with Crippen molar-refractivity contribution in [2.45, 2.75) is 11.8 Å². The van der Waals surface area contributed by atoms with E-state index in [-0.39, 0.29) is 5.91 Å². The van der Waals surface area contributed by atoms with Crippen LogP contribution in [0.3, 0.4) is 0 Å². The molecule has 162 valence electrons. The largest absolute Gasteiger partial charge is 0.379 e. The summed E-state index contributed by atoms with van der Waals surface area (Å²) in [6.45, 7) is 7.41. The number of benzene rings is 3. The predicted molar refractivity (Wildman–Crippen MR) is 128 cm³/mol. The average Bonchev–Trinajstić information content (AvgIpc) is 2.85. The summed E-state index contributed by atoms with van der Waals surface area (Å²) >= 11 is 0. The van der Waals surface area contributed by atoms with Crippen LogP contribution in [0.15, 0.2) is 91.5 Å². The van der Waals surface area contributed by atoms with E-state index in [9.17, 15) is 4.79 Å². The molecule has 5 rings (SSSR count). The van der Waals surface area contributed by atoms with E-state index in [1.807, 2.05) is 29.2 Å². The highest BCUT2D eigenvalue weighted by Crippen LogP contribution is 2.54. The van der Waals surface area contributed by atoms with E-state index in [0.717, 1.165) is 42.0 Å². The molecule has 0 N–H and O–H groups in total. The Bertz CT molecular complexity index is 1070. The molecule has 0 radical (unpaired) electrons. The molecule has 3 aromatic carbocycles. The SMILES string of the molecule is C=CCC1(c2ccccc2)c2ccccc2N(C(=O)CN2CCOCC2)c2ccccc21. The molecule has 4 nitrogen and oxygen atoms in total. The van der Waals surface area contributed by atoms with Gasteiger partial charge in [-0.2, -0.15) is 0 Å². The number of para-hydroxylation sites is 2. The zero-order valence-corrected chi connectivity index (χ0v) is 18.2. The first-order valence-corrected chi connectivity index (χ1v) is 11.2. The summed E-state index contributed by atoms with van der Waals surface area (Å²) in [5.41, 5.74) is 5.00. The number of nitrogens with zero attached hydrogens (tertiary/aromatic N) is 2. The lowest BCUT2D eigenvalue weighted by atomic mass is 9.64. The highest BCUT2D eigenvalue weighted by atomic mass is 16.5. The van der Waals surface area contributed by atoms with Crippen molar-refractivity contribution in [3.05, 3.63) is 108 Å². The van der Waals surface area contributed by atoms with Gasteiger partial charge in [-0.05, 0) is 35.2 Å². The van der Waals surface area contributed by atoms with E-state index in [1.165, 1.54) is 5.56 Å². The second-order valence-electron chi connectivity index (χ2n) is 8.42. The third-order valence-electron chi connectivity index (χ3n) is 6.64. The number of rotatable bonds is 5. The van der Waals surface area contributed by atoms with E-state index < -0.39 is 5.41 Å². The maximum atomic E-state index is 13.7. The van der Waals surface area contributed by atoms with Crippen molar-refractivity contribution in [1.82, 2.24) is 4.90 Å². The van der Waals surface area contributed by atoms with E-state index in [0.29, 0.717) is 19.8 Å². The van der Waals surface area contributed by atoms with E-state index in [4.69, 9.17) is 4.74 Å². The first kappa shape index (κ1) is 20.7. The van der Waals surface area contributed by atoms with Gasteiger partial charge in [-0.25, -0.2) is 0 Å². The van der Waals surface area contributed by atoms with Crippen molar-refractivity contribution < 1.29 is 9.53 Å². The number of ether oxygens (including phenoxy) is 1. The zero-order chi connectivity index (χ0) is 22.0. The molecule has 0 bridgehead atoms. The minimum Gasteiger partial charge on any atom is -0.379 e. The molecule has 0 aromatic heterocycles. The Morgan fingerprint density at radius 3 is 2.03 bits per heavy atom. The second kappa shape index (κ2) is 8.73. The fraction of sp³-hybridized carbons (Fsp3) is 0.250. The minimum atomic E-state index is -0.397. The van der Waals surface area contributed by atoms with Crippen LogP contribution in [0.5, 0.6) is 0 Å². The van der Waals surface area contributed by atoms with Gasteiger partial charge in [0.1, 0.15) is 0 Å². The van der Waals surface area contributed by atoms with Crippen LogP contribution < -0.4 is 4.90 Å². The molecule has 1 saturated heterocycles. The molecule has 0 saturated carbocycles. The fourth-order valence-electron chi connectivity index (χ4n) is 5.21. The Morgan fingerprint density at radius 2 is 1.44 bits per heavy atom. The second-order valence-corrected chi connectivity index (χ2v) is 8.42. The van der Waals surface area contributed by atoms with Crippen LogP contribution in [0.4, 0.5) is 11.4 Å². The number of morpholine rings is 1. The molecule has 0 atom stereocenters. The Hall–Kier alpha value is -3.21. The molecule has 0 unspecified atom stereocenters. The lowest BCUT2D eigenvalue weighted by molar-refractivity contribution is -0.120. The lowest BCUT2D eigenvalue weighted by Crippen LogP contribution is -2.46. The third kappa shape index (κ3) is 3.36. The standard InChI is InChI=1S/C28H28N2O2/c1-2-16-28(22-10-4-3-5-11-22)23-12-6-8-14-25(23)30(26-15-9-7-13-24(26)28)27(31)21-29-17-19-32-20-18-29/h2-15H,1,16-21H2. The first-order chi connectivity index (χ1) is 15.8. The number of amides is 1. The van der Waals surface area contributed by atoms with Gasteiger partial charge in [-0.1, -0.05) is 72.8 Å². The number of carbonyl (C=O) groups is 1. The summed E-state index contributed by atoms with van der Waals surface area (Å²) in [4.78, 5) is 17.8. The van der Waals surface area contributed by atoms with Crippen LogP contribution in [0.25, 0.3) is 0 Å².